The van der Waals surface area contributed by atoms with E-state index in [0.29, 0.717) is 17.8 Å². The number of rotatable bonds is 4. The number of hydrogen-bond acceptors (Lipinski definition) is 3. The van der Waals surface area contributed by atoms with Crippen LogP contribution < -0.4 is 0 Å². The van der Waals surface area contributed by atoms with E-state index in [2.05, 4.69) is 4.98 Å². The molecule has 5 heteroatoms. The van der Waals surface area contributed by atoms with E-state index in [4.69, 9.17) is 0 Å². The van der Waals surface area contributed by atoms with Gasteiger partial charge in [0.1, 0.15) is 5.69 Å². The first kappa shape index (κ1) is 14.8. The van der Waals surface area contributed by atoms with Crippen molar-refractivity contribution in [3.63, 3.8) is 0 Å². The minimum Gasteiger partial charge on any atom is -0.393 e. The summed E-state index contributed by atoms with van der Waals surface area (Å²) in [6.45, 7) is 2.02. The maximum absolute atomic E-state index is 12.3. The van der Waals surface area contributed by atoms with Gasteiger partial charge >= 0.3 is 0 Å². The van der Waals surface area contributed by atoms with Gasteiger partial charge in [-0.15, -0.1) is 0 Å². The molecule has 1 heterocycles. The average Bonchev–Trinajstić information content (AvgIpc) is 2.90. The molecule has 110 valence electrons. The summed E-state index contributed by atoms with van der Waals surface area (Å²) in [6, 6.07) is 1.58. The van der Waals surface area contributed by atoms with Gasteiger partial charge in [-0.2, -0.15) is 0 Å². The number of carbonyl (C=O) groups is 2. The van der Waals surface area contributed by atoms with Crippen molar-refractivity contribution >= 4 is 11.7 Å². The number of aliphatic hydroxyl groups excluding tert-OH is 1. The lowest BCUT2D eigenvalue weighted by molar-refractivity contribution is 0.0449. The second-order valence-electron chi connectivity index (χ2n) is 5.66. The van der Waals surface area contributed by atoms with Gasteiger partial charge in [0.2, 0.25) is 0 Å². The molecule has 5 nitrogen and oxygen atoms in total. The SMILES string of the molecule is CC(=O)c1c[nH]c(C(=O)N(C)CC2CCCCC2O)c1. The molecule has 20 heavy (non-hydrogen) atoms. The molecule has 0 radical (unpaired) electrons. The molecule has 2 atom stereocenters. The van der Waals surface area contributed by atoms with Crippen molar-refractivity contribution in [2.75, 3.05) is 13.6 Å². The maximum atomic E-state index is 12.3. The van der Waals surface area contributed by atoms with E-state index in [1.165, 1.54) is 6.92 Å². The minimum absolute atomic E-state index is 0.0642. The lowest BCUT2D eigenvalue weighted by Crippen LogP contribution is -2.38. The second kappa shape index (κ2) is 6.22. The number of H-pyrrole nitrogens is 1. The molecule has 2 N–H and O–H groups in total. The molecule has 1 aromatic rings. The van der Waals surface area contributed by atoms with Crippen molar-refractivity contribution in [1.82, 2.24) is 9.88 Å². The van der Waals surface area contributed by atoms with Crippen LogP contribution in [0, 0.1) is 5.92 Å². The maximum Gasteiger partial charge on any atom is 0.270 e. The zero-order valence-corrected chi connectivity index (χ0v) is 12.1. The molecule has 2 unspecified atom stereocenters. The Labute approximate surface area is 119 Å². The number of Topliss-reactive ketones (excluding diaryl/α,β-unsaturated/α-hetero) is 1. The zero-order chi connectivity index (χ0) is 14.7. The van der Waals surface area contributed by atoms with Crippen LogP contribution in [-0.2, 0) is 0 Å². The van der Waals surface area contributed by atoms with E-state index >= 15 is 0 Å². The Morgan fingerprint density at radius 1 is 1.40 bits per heavy atom. The van der Waals surface area contributed by atoms with E-state index < -0.39 is 0 Å². The number of hydrogen-bond donors (Lipinski definition) is 2. The standard InChI is InChI=1S/C15H22N2O3/c1-10(18)12-7-13(16-8-12)15(20)17(2)9-11-5-3-4-6-14(11)19/h7-8,11,14,16,19H,3-6,9H2,1-2H3. The summed E-state index contributed by atoms with van der Waals surface area (Å²) < 4.78 is 0. The van der Waals surface area contributed by atoms with Gasteiger partial charge in [-0.3, -0.25) is 9.59 Å². The first-order valence-corrected chi connectivity index (χ1v) is 7.12. The van der Waals surface area contributed by atoms with Crippen molar-refractivity contribution in [2.24, 2.45) is 5.92 Å². The number of aromatic amines is 1. The molecule has 1 amide bonds. The van der Waals surface area contributed by atoms with E-state index in [0.717, 1.165) is 25.7 Å². The van der Waals surface area contributed by atoms with Crippen molar-refractivity contribution in [3.8, 4) is 0 Å². The Hall–Kier alpha value is -1.62. The monoisotopic (exact) mass is 278 g/mol. The second-order valence-corrected chi connectivity index (χ2v) is 5.66. The van der Waals surface area contributed by atoms with Crippen LogP contribution in [0.2, 0.25) is 0 Å². The predicted octanol–water partition coefficient (Wildman–Crippen LogP) is 1.84. The lowest BCUT2D eigenvalue weighted by Gasteiger charge is -2.31. The summed E-state index contributed by atoms with van der Waals surface area (Å²) in [6.07, 6.45) is 5.20. The van der Waals surface area contributed by atoms with Crippen LogP contribution in [0.5, 0.6) is 0 Å². The van der Waals surface area contributed by atoms with Gasteiger partial charge in [-0.1, -0.05) is 12.8 Å². The van der Waals surface area contributed by atoms with Crippen LogP contribution in [0.3, 0.4) is 0 Å². The van der Waals surface area contributed by atoms with Crippen molar-refractivity contribution in [3.05, 3.63) is 23.5 Å². The van der Waals surface area contributed by atoms with E-state index in [1.807, 2.05) is 0 Å². The Morgan fingerprint density at radius 2 is 2.10 bits per heavy atom. The number of aliphatic hydroxyl groups is 1. The normalized spacial score (nSPS) is 22.6. The van der Waals surface area contributed by atoms with Gasteiger partial charge < -0.3 is 15.0 Å². The van der Waals surface area contributed by atoms with Crippen molar-refractivity contribution < 1.29 is 14.7 Å². The number of amides is 1. The fourth-order valence-corrected chi connectivity index (χ4v) is 2.76. The highest BCUT2D eigenvalue weighted by molar-refractivity contribution is 5.98. The fourth-order valence-electron chi connectivity index (χ4n) is 2.76. The van der Waals surface area contributed by atoms with Crippen molar-refractivity contribution in [1.29, 1.82) is 0 Å². The molecule has 1 aromatic heterocycles. The van der Waals surface area contributed by atoms with Crippen LogP contribution >= 0.6 is 0 Å². The van der Waals surface area contributed by atoms with Crippen LogP contribution in [0.25, 0.3) is 0 Å². The van der Waals surface area contributed by atoms with Crippen LogP contribution in [0.15, 0.2) is 12.3 Å². The summed E-state index contributed by atoms with van der Waals surface area (Å²) in [4.78, 5) is 28.0. The number of nitrogens with zero attached hydrogens (tertiary/aromatic N) is 1. The zero-order valence-electron chi connectivity index (χ0n) is 12.1. The first-order chi connectivity index (χ1) is 9.49. The largest absolute Gasteiger partial charge is 0.393 e. The van der Waals surface area contributed by atoms with E-state index in [1.54, 1.807) is 24.2 Å². The molecule has 0 saturated heterocycles. The summed E-state index contributed by atoms with van der Waals surface area (Å²) in [7, 11) is 1.73. The Bertz CT molecular complexity index is 495. The summed E-state index contributed by atoms with van der Waals surface area (Å²) in [5.74, 6) is -0.0548. The Balaban J connectivity index is 1.98. The van der Waals surface area contributed by atoms with Gasteiger partial charge in [0.25, 0.3) is 5.91 Å². The van der Waals surface area contributed by atoms with Crippen LogP contribution in [0.1, 0.15) is 53.5 Å². The highest BCUT2D eigenvalue weighted by atomic mass is 16.3. The average molecular weight is 278 g/mol. The van der Waals surface area contributed by atoms with Gasteiger partial charge in [0.15, 0.2) is 5.78 Å². The fraction of sp³-hybridized carbons (Fsp3) is 0.600. The van der Waals surface area contributed by atoms with Gasteiger partial charge in [-0.25, -0.2) is 0 Å². The lowest BCUT2D eigenvalue weighted by atomic mass is 9.86. The Morgan fingerprint density at radius 3 is 2.70 bits per heavy atom. The molecule has 1 saturated carbocycles. The minimum atomic E-state index is -0.310. The van der Waals surface area contributed by atoms with E-state index in [-0.39, 0.29) is 23.7 Å². The molecule has 0 bridgehead atoms. The van der Waals surface area contributed by atoms with Crippen LogP contribution in [0.4, 0.5) is 0 Å². The number of nitrogens with one attached hydrogen (secondary N) is 1. The summed E-state index contributed by atoms with van der Waals surface area (Å²) in [5, 5.41) is 9.96. The van der Waals surface area contributed by atoms with E-state index in [9.17, 15) is 14.7 Å². The molecule has 0 spiro atoms. The quantitative estimate of drug-likeness (QED) is 0.825. The molecule has 1 aliphatic carbocycles. The third-order valence-electron chi connectivity index (χ3n) is 4.04. The summed E-state index contributed by atoms with van der Waals surface area (Å²) >= 11 is 0. The Kier molecular flexibility index (Phi) is 4.60. The van der Waals surface area contributed by atoms with Crippen molar-refractivity contribution in [2.45, 2.75) is 38.7 Å². The summed E-state index contributed by atoms with van der Waals surface area (Å²) in [5.41, 5.74) is 0.933. The highest BCUT2D eigenvalue weighted by Crippen LogP contribution is 2.25. The van der Waals surface area contributed by atoms with Gasteiger partial charge in [0.05, 0.1) is 6.10 Å². The highest BCUT2D eigenvalue weighted by Gasteiger charge is 2.26. The number of aromatic nitrogens is 1. The molecule has 1 aliphatic rings. The third-order valence-corrected chi connectivity index (χ3v) is 4.04. The molecular weight excluding hydrogens is 256 g/mol. The molecule has 2 rings (SSSR count). The first-order valence-electron chi connectivity index (χ1n) is 7.12. The molecule has 0 aromatic carbocycles. The predicted molar refractivity (Wildman–Crippen MR) is 75.7 cm³/mol. The van der Waals surface area contributed by atoms with Gasteiger partial charge in [0, 0.05) is 31.3 Å². The third kappa shape index (κ3) is 3.28. The van der Waals surface area contributed by atoms with Crippen LogP contribution in [-0.4, -0.2) is 46.4 Å². The number of ketones is 1. The van der Waals surface area contributed by atoms with Gasteiger partial charge in [-0.05, 0) is 25.8 Å². The number of carbonyl (C=O) groups excluding carboxylic acids is 2. The molecule has 0 aliphatic heterocycles. The smallest absolute Gasteiger partial charge is 0.270 e. The molecular formula is C15H22N2O3. The topological polar surface area (TPSA) is 73.4 Å². The molecule has 1 fully saturated rings.